The third kappa shape index (κ3) is 2.36. The van der Waals surface area contributed by atoms with Gasteiger partial charge in [-0.25, -0.2) is 0 Å². The van der Waals surface area contributed by atoms with E-state index in [1.165, 1.54) is 12.1 Å². The molecule has 1 aromatic heterocycles. The van der Waals surface area contributed by atoms with Gasteiger partial charge < -0.3 is 10.3 Å². The summed E-state index contributed by atoms with van der Waals surface area (Å²) in [5.41, 5.74) is 6.68. The largest absolute Gasteiger partial charge is 0.416 e. The van der Waals surface area contributed by atoms with Crippen LogP contribution >= 0.6 is 0 Å². The van der Waals surface area contributed by atoms with E-state index < -0.39 is 11.7 Å². The molecule has 18 heavy (non-hydrogen) atoms. The Morgan fingerprint density at radius 2 is 2.00 bits per heavy atom. The molecule has 0 spiro atoms. The van der Waals surface area contributed by atoms with Crippen LogP contribution in [-0.2, 0) is 19.6 Å². The molecular formula is C13H15F3N2. The number of aryl methyl sites for hydroxylation is 1. The summed E-state index contributed by atoms with van der Waals surface area (Å²) in [5.74, 6) is 0. The predicted molar refractivity (Wildman–Crippen MR) is 65.3 cm³/mol. The van der Waals surface area contributed by atoms with Crippen molar-refractivity contribution in [1.82, 2.24) is 4.57 Å². The fourth-order valence-corrected chi connectivity index (χ4v) is 2.15. The molecule has 2 nitrogen and oxygen atoms in total. The van der Waals surface area contributed by atoms with Gasteiger partial charge in [0.2, 0.25) is 0 Å². The molecule has 1 heterocycles. The Balaban J connectivity index is 2.55. The molecule has 0 saturated heterocycles. The van der Waals surface area contributed by atoms with E-state index in [4.69, 9.17) is 5.73 Å². The van der Waals surface area contributed by atoms with E-state index in [1.807, 2.05) is 13.1 Å². The number of hydrogen-bond donors (Lipinski definition) is 1. The Bertz CT molecular complexity index is 567. The van der Waals surface area contributed by atoms with E-state index in [0.29, 0.717) is 11.9 Å². The quantitative estimate of drug-likeness (QED) is 0.879. The second-order valence-corrected chi connectivity index (χ2v) is 4.68. The van der Waals surface area contributed by atoms with Crippen molar-refractivity contribution in [3.8, 4) is 0 Å². The Kier molecular flexibility index (Phi) is 3.11. The summed E-state index contributed by atoms with van der Waals surface area (Å²) in [6.45, 7) is 1.88. The number of nitrogens with zero attached hydrogens (tertiary/aromatic N) is 1. The molecule has 5 heteroatoms. The van der Waals surface area contributed by atoms with Gasteiger partial charge in [0.1, 0.15) is 0 Å². The molecule has 0 bridgehead atoms. The van der Waals surface area contributed by atoms with Crippen LogP contribution in [0.25, 0.3) is 10.9 Å². The minimum absolute atomic E-state index is 0.0158. The van der Waals surface area contributed by atoms with Crippen LogP contribution in [0.1, 0.15) is 18.1 Å². The predicted octanol–water partition coefficient (Wildman–Crippen LogP) is 3.09. The molecule has 0 fully saturated rings. The van der Waals surface area contributed by atoms with E-state index in [9.17, 15) is 13.2 Å². The van der Waals surface area contributed by atoms with Crippen molar-refractivity contribution >= 4 is 10.9 Å². The molecule has 2 N–H and O–H groups in total. The second-order valence-electron chi connectivity index (χ2n) is 4.68. The zero-order valence-corrected chi connectivity index (χ0v) is 10.3. The summed E-state index contributed by atoms with van der Waals surface area (Å²) in [6, 6.07) is 3.81. The van der Waals surface area contributed by atoms with Crippen molar-refractivity contribution in [2.75, 3.05) is 0 Å². The van der Waals surface area contributed by atoms with Gasteiger partial charge >= 0.3 is 6.18 Å². The zero-order chi connectivity index (χ0) is 13.5. The van der Waals surface area contributed by atoms with E-state index in [1.54, 1.807) is 11.6 Å². The highest BCUT2D eigenvalue weighted by Gasteiger charge is 2.30. The van der Waals surface area contributed by atoms with Gasteiger partial charge in [-0.1, -0.05) is 6.07 Å². The van der Waals surface area contributed by atoms with Gasteiger partial charge in [0.25, 0.3) is 0 Å². The number of alkyl halides is 3. The standard InChI is InChI=1S/C13H15F3N2/c1-8(17)5-9-7-18(2)12-6-10(13(14,15)16)3-4-11(9)12/h3-4,6-8H,5,17H2,1-2H3. The van der Waals surface area contributed by atoms with Gasteiger partial charge in [0, 0.05) is 30.2 Å². The van der Waals surface area contributed by atoms with Gasteiger partial charge in [-0.05, 0) is 31.0 Å². The highest BCUT2D eigenvalue weighted by Crippen LogP contribution is 2.32. The lowest BCUT2D eigenvalue weighted by atomic mass is 10.1. The number of aromatic nitrogens is 1. The van der Waals surface area contributed by atoms with Gasteiger partial charge in [-0.3, -0.25) is 0 Å². The topological polar surface area (TPSA) is 30.9 Å². The van der Waals surface area contributed by atoms with Crippen LogP contribution in [0.5, 0.6) is 0 Å². The normalized spacial score (nSPS) is 14.1. The lowest BCUT2D eigenvalue weighted by molar-refractivity contribution is -0.137. The fraction of sp³-hybridized carbons (Fsp3) is 0.385. The van der Waals surface area contributed by atoms with Gasteiger partial charge in [-0.2, -0.15) is 13.2 Å². The average molecular weight is 256 g/mol. The van der Waals surface area contributed by atoms with Gasteiger partial charge in [-0.15, -0.1) is 0 Å². The molecule has 1 atom stereocenters. The first-order chi connectivity index (χ1) is 8.29. The lowest BCUT2D eigenvalue weighted by Gasteiger charge is -2.07. The third-order valence-electron chi connectivity index (χ3n) is 2.94. The van der Waals surface area contributed by atoms with Crippen LogP contribution in [0.4, 0.5) is 13.2 Å². The number of hydrogen-bond acceptors (Lipinski definition) is 1. The highest BCUT2D eigenvalue weighted by molar-refractivity contribution is 5.84. The summed E-state index contributed by atoms with van der Waals surface area (Å²) in [6.07, 6.45) is -1.81. The van der Waals surface area contributed by atoms with Crippen LogP contribution in [0.2, 0.25) is 0 Å². The van der Waals surface area contributed by atoms with Crippen molar-refractivity contribution in [1.29, 1.82) is 0 Å². The Morgan fingerprint density at radius 3 is 2.56 bits per heavy atom. The minimum atomic E-state index is -4.31. The SMILES string of the molecule is CC(N)Cc1cn(C)c2cc(C(F)(F)F)ccc12. The van der Waals surface area contributed by atoms with Gasteiger partial charge in [0.15, 0.2) is 0 Å². The van der Waals surface area contributed by atoms with E-state index >= 15 is 0 Å². The molecule has 0 aliphatic carbocycles. The van der Waals surface area contributed by atoms with Crippen molar-refractivity contribution in [3.63, 3.8) is 0 Å². The van der Waals surface area contributed by atoms with Crippen molar-refractivity contribution in [2.45, 2.75) is 25.6 Å². The summed E-state index contributed by atoms with van der Waals surface area (Å²) in [7, 11) is 1.74. The summed E-state index contributed by atoms with van der Waals surface area (Å²) >= 11 is 0. The van der Waals surface area contributed by atoms with Crippen molar-refractivity contribution in [3.05, 3.63) is 35.5 Å². The van der Waals surface area contributed by atoms with E-state index in [-0.39, 0.29) is 6.04 Å². The zero-order valence-electron chi connectivity index (χ0n) is 10.3. The summed E-state index contributed by atoms with van der Waals surface area (Å²) in [4.78, 5) is 0. The molecule has 0 amide bonds. The summed E-state index contributed by atoms with van der Waals surface area (Å²) < 4.78 is 39.6. The van der Waals surface area contributed by atoms with Crippen LogP contribution in [0, 0.1) is 0 Å². The van der Waals surface area contributed by atoms with Crippen molar-refractivity contribution < 1.29 is 13.2 Å². The number of nitrogens with two attached hydrogens (primary N) is 1. The minimum Gasteiger partial charge on any atom is -0.350 e. The van der Waals surface area contributed by atoms with Crippen LogP contribution < -0.4 is 5.73 Å². The molecule has 1 aromatic carbocycles. The number of benzene rings is 1. The van der Waals surface area contributed by atoms with Crippen LogP contribution in [0.15, 0.2) is 24.4 Å². The van der Waals surface area contributed by atoms with E-state index in [2.05, 4.69) is 0 Å². The Hall–Kier alpha value is -1.49. The highest BCUT2D eigenvalue weighted by atomic mass is 19.4. The van der Waals surface area contributed by atoms with Gasteiger partial charge in [0.05, 0.1) is 5.56 Å². The Labute approximate surface area is 103 Å². The molecule has 1 unspecified atom stereocenters. The molecule has 2 rings (SSSR count). The molecular weight excluding hydrogens is 241 g/mol. The third-order valence-corrected chi connectivity index (χ3v) is 2.94. The summed E-state index contributed by atoms with van der Waals surface area (Å²) in [5, 5.41) is 0.836. The molecule has 0 aliphatic rings. The fourth-order valence-electron chi connectivity index (χ4n) is 2.15. The van der Waals surface area contributed by atoms with E-state index in [0.717, 1.165) is 17.0 Å². The average Bonchev–Trinajstić information content (AvgIpc) is 2.53. The number of rotatable bonds is 2. The van der Waals surface area contributed by atoms with Crippen molar-refractivity contribution in [2.24, 2.45) is 12.8 Å². The molecule has 0 radical (unpaired) electrons. The maximum atomic E-state index is 12.6. The monoisotopic (exact) mass is 256 g/mol. The second kappa shape index (κ2) is 4.31. The van der Waals surface area contributed by atoms with Crippen LogP contribution in [-0.4, -0.2) is 10.6 Å². The molecule has 0 saturated carbocycles. The maximum absolute atomic E-state index is 12.6. The first-order valence-corrected chi connectivity index (χ1v) is 5.70. The molecule has 0 aliphatic heterocycles. The first-order valence-electron chi connectivity index (χ1n) is 5.70. The molecule has 98 valence electrons. The smallest absolute Gasteiger partial charge is 0.350 e. The Morgan fingerprint density at radius 1 is 1.33 bits per heavy atom. The molecule has 2 aromatic rings. The lowest BCUT2D eigenvalue weighted by Crippen LogP contribution is -2.17. The van der Waals surface area contributed by atoms with Crippen LogP contribution in [0.3, 0.4) is 0 Å². The first kappa shape index (κ1) is 13.0. The number of fused-ring (bicyclic) bond motifs is 1. The number of halogens is 3. The maximum Gasteiger partial charge on any atom is 0.416 e.